The van der Waals surface area contributed by atoms with Gasteiger partial charge in [-0.3, -0.25) is 14.4 Å². The van der Waals surface area contributed by atoms with Crippen molar-refractivity contribution in [1.29, 1.82) is 0 Å². The highest BCUT2D eigenvalue weighted by Crippen LogP contribution is 2.67. The molecule has 0 aromatic rings. The zero-order chi connectivity index (χ0) is 18.1. The molecule has 0 aromatic carbocycles. The van der Waals surface area contributed by atoms with Crippen LogP contribution in [0.15, 0.2) is 11.6 Å². The minimum atomic E-state index is -0.132. The van der Waals surface area contributed by atoms with Gasteiger partial charge in [0.05, 0.1) is 0 Å². The normalized spacial score (nSPS) is 49.1. The Kier molecular flexibility index (Phi) is 3.69. The average molecular weight is 342 g/mol. The molecule has 7 atom stereocenters. The molecule has 0 N–H and O–H groups in total. The average Bonchev–Trinajstić information content (AvgIpc) is 2.80. The molecule has 0 amide bonds. The summed E-state index contributed by atoms with van der Waals surface area (Å²) in [7, 11) is 0. The first-order valence-electron chi connectivity index (χ1n) is 9.97. The highest BCUT2D eigenvalue weighted by atomic mass is 16.1. The summed E-state index contributed by atoms with van der Waals surface area (Å²) in [5.41, 5.74) is 0.726. The number of carbonyl (C=O) groups is 3. The molecule has 3 saturated carbocycles. The van der Waals surface area contributed by atoms with E-state index >= 15 is 0 Å². The van der Waals surface area contributed by atoms with Crippen molar-refractivity contribution in [2.24, 2.45) is 40.4 Å². The molecule has 0 radical (unpaired) electrons. The van der Waals surface area contributed by atoms with Crippen LogP contribution >= 0.6 is 0 Å². The van der Waals surface area contributed by atoms with Crippen LogP contribution in [0.25, 0.3) is 0 Å². The maximum absolute atomic E-state index is 12.9. The van der Waals surface area contributed by atoms with Crippen molar-refractivity contribution >= 4 is 17.3 Å². The van der Waals surface area contributed by atoms with E-state index in [0.717, 1.165) is 31.3 Å². The maximum Gasteiger partial charge on any atom is 0.159 e. The van der Waals surface area contributed by atoms with Gasteiger partial charge in [-0.15, -0.1) is 0 Å². The second-order valence-corrected chi connectivity index (χ2v) is 9.79. The second-order valence-electron chi connectivity index (χ2n) is 9.79. The van der Waals surface area contributed by atoms with Gasteiger partial charge < -0.3 is 0 Å². The summed E-state index contributed by atoms with van der Waals surface area (Å²) in [5.74, 6) is 2.54. The van der Waals surface area contributed by atoms with E-state index in [1.54, 1.807) is 13.0 Å². The van der Waals surface area contributed by atoms with Gasteiger partial charge in [-0.25, -0.2) is 0 Å². The van der Waals surface area contributed by atoms with E-state index in [4.69, 9.17) is 0 Å². The van der Waals surface area contributed by atoms with Crippen LogP contribution in [0.2, 0.25) is 0 Å². The van der Waals surface area contributed by atoms with Crippen LogP contribution in [-0.2, 0) is 14.4 Å². The topological polar surface area (TPSA) is 51.2 Å². The van der Waals surface area contributed by atoms with Gasteiger partial charge in [0.25, 0.3) is 0 Å². The van der Waals surface area contributed by atoms with E-state index < -0.39 is 0 Å². The lowest BCUT2D eigenvalue weighted by atomic mass is 9.46. The SMILES string of the molecule is CC(=O)[C@H]1[C@H](C)C[C@H]2[C@@H]3CC(=O)C4=CC(=O)CC[C@]4(C)[C@H]3CC[C@@]21C. The molecule has 0 aliphatic heterocycles. The van der Waals surface area contributed by atoms with E-state index in [2.05, 4.69) is 20.8 Å². The van der Waals surface area contributed by atoms with Gasteiger partial charge in [0.2, 0.25) is 0 Å². The molecule has 4 aliphatic carbocycles. The second kappa shape index (κ2) is 5.37. The van der Waals surface area contributed by atoms with Crippen molar-refractivity contribution in [3.05, 3.63) is 11.6 Å². The van der Waals surface area contributed by atoms with Gasteiger partial charge in [0.15, 0.2) is 11.6 Å². The fourth-order valence-corrected chi connectivity index (χ4v) is 7.62. The summed E-state index contributed by atoms with van der Waals surface area (Å²) < 4.78 is 0. The van der Waals surface area contributed by atoms with Crippen LogP contribution in [0.1, 0.15) is 66.2 Å². The van der Waals surface area contributed by atoms with E-state index in [-0.39, 0.29) is 28.3 Å². The molecule has 3 nitrogen and oxygen atoms in total. The fourth-order valence-electron chi connectivity index (χ4n) is 7.62. The van der Waals surface area contributed by atoms with Crippen molar-refractivity contribution < 1.29 is 14.4 Å². The van der Waals surface area contributed by atoms with Crippen LogP contribution < -0.4 is 0 Å². The molecule has 3 heteroatoms. The Morgan fingerprint density at radius 3 is 2.56 bits per heavy atom. The molecule has 136 valence electrons. The summed E-state index contributed by atoms with van der Waals surface area (Å²) in [4.78, 5) is 37.2. The van der Waals surface area contributed by atoms with Crippen molar-refractivity contribution in [1.82, 2.24) is 0 Å². The Balaban J connectivity index is 1.74. The van der Waals surface area contributed by atoms with Gasteiger partial charge >= 0.3 is 0 Å². The highest BCUT2D eigenvalue weighted by Gasteiger charge is 2.62. The largest absolute Gasteiger partial charge is 0.300 e. The Hall–Kier alpha value is -1.25. The summed E-state index contributed by atoms with van der Waals surface area (Å²) in [6.07, 6.45) is 6.87. The van der Waals surface area contributed by atoms with E-state index in [1.165, 1.54) is 0 Å². The predicted octanol–water partition coefficient (Wildman–Crippen LogP) is 4.15. The zero-order valence-corrected chi connectivity index (χ0v) is 15.9. The van der Waals surface area contributed by atoms with Crippen LogP contribution in [0.3, 0.4) is 0 Å². The van der Waals surface area contributed by atoms with Gasteiger partial charge in [0.1, 0.15) is 5.78 Å². The minimum absolute atomic E-state index is 0.0504. The number of ketones is 3. The monoisotopic (exact) mass is 342 g/mol. The number of Topliss-reactive ketones (excluding diaryl/α,β-unsaturated/α-hetero) is 2. The van der Waals surface area contributed by atoms with E-state index in [9.17, 15) is 14.4 Å². The molecule has 25 heavy (non-hydrogen) atoms. The number of hydrogen-bond acceptors (Lipinski definition) is 3. The van der Waals surface area contributed by atoms with Crippen molar-refractivity contribution in [2.45, 2.75) is 66.2 Å². The molecule has 3 fully saturated rings. The lowest BCUT2D eigenvalue weighted by molar-refractivity contribution is -0.135. The van der Waals surface area contributed by atoms with Crippen LogP contribution in [0, 0.1) is 40.4 Å². The molecule has 0 bridgehead atoms. The number of allylic oxidation sites excluding steroid dienone is 1. The molecular weight excluding hydrogens is 312 g/mol. The highest BCUT2D eigenvalue weighted by molar-refractivity contribution is 6.05. The van der Waals surface area contributed by atoms with Crippen molar-refractivity contribution in [3.63, 3.8) is 0 Å². The summed E-state index contributed by atoms with van der Waals surface area (Å²) in [5, 5.41) is 0. The third-order valence-electron chi connectivity index (χ3n) is 8.57. The Morgan fingerprint density at radius 1 is 1.16 bits per heavy atom. The van der Waals surface area contributed by atoms with Crippen LogP contribution in [0.5, 0.6) is 0 Å². The minimum Gasteiger partial charge on any atom is -0.300 e. The first kappa shape index (κ1) is 17.2. The molecule has 0 aromatic heterocycles. The quantitative estimate of drug-likeness (QED) is 0.719. The van der Waals surface area contributed by atoms with Crippen molar-refractivity contribution in [2.75, 3.05) is 0 Å². The predicted molar refractivity (Wildman–Crippen MR) is 95.8 cm³/mol. The van der Waals surface area contributed by atoms with Gasteiger partial charge in [-0.2, -0.15) is 0 Å². The first-order valence-corrected chi connectivity index (χ1v) is 9.97. The van der Waals surface area contributed by atoms with E-state index in [1.807, 2.05) is 0 Å². The third kappa shape index (κ3) is 2.20. The summed E-state index contributed by atoms with van der Waals surface area (Å²) >= 11 is 0. The number of rotatable bonds is 1. The number of fused-ring (bicyclic) bond motifs is 5. The lowest BCUT2D eigenvalue weighted by Crippen LogP contribution is -2.53. The van der Waals surface area contributed by atoms with Crippen molar-refractivity contribution in [3.8, 4) is 0 Å². The summed E-state index contributed by atoms with van der Waals surface area (Å²) in [6, 6.07) is 0. The number of carbonyl (C=O) groups excluding carboxylic acids is 3. The lowest BCUT2D eigenvalue weighted by Gasteiger charge is -2.57. The van der Waals surface area contributed by atoms with Gasteiger partial charge in [-0.1, -0.05) is 20.8 Å². The third-order valence-corrected chi connectivity index (χ3v) is 8.57. The Bertz CT molecular complexity index is 689. The maximum atomic E-state index is 12.9. The molecule has 4 aliphatic rings. The summed E-state index contributed by atoms with van der Waals surface area (Å²) in [6.45, 7) is 8.51. The van der Waals surface area contributed by atoms with Gasteiger partial charge in [-0.05, 0) is 73.2 Å². The molecule has 4 rings (SSSR count). The van der Waals surface area contributed by atoms with E-state index in [0.29, 0.717) is 42.3 Å². The van der Waals surface area contributed by atoms with Crippen LogP contribution in [-0.4, -0.2) is 17.3 Å². The molecule has 0 saturated heterocycles. The smallest absolute Gasteiger partial charge is 0.159 e. The fraction of sp³-hybridized carbons (Fsp3) is 0.773. The molecule has 0 unspecified atom stereocenters. The standard InChI is InChI=1S/C22H30O3/c1-12-9-17-15-11-19(25)18-10-14(24)5-7-21(18,3)16(15)6-8-22(17,4)20(12)13(2)23/h10,12,15-17,20H,5-9,11H2,1-4H3/t12-,15-,16+,17+,20-,21-,22+/m1/s1. The van der Waals surface area contributed by atoms with Crippen LogP contribution in [0.4, 0.5) is 0 Å². The zero-order valence-electron chi connectivity index (χ0n) is 15.9. The first-order chi connectivity index (χ1) is 11.7. The Labute approximate surface area is 150 Å². The Morgan fingerprint density at radius 2 is 1.88 bits per heavy atom. The molecule has 0 heterocycles. The molecular formula is C22H30O3. The number of hydrogen-bond donors (Lipinski definition) is 0. The molecule has 0 spiro atoms. The van der Waals surface area contributed by atoms with Gasteiger partial charge in [0, 0.05) is 24.3 Å².